The first-order chi connectivity index (χ1) is 9.65. The summed E-state index contributed by atoms with van der Waals surface area (Å²) in [6.45, 7) is 6.48. The van der Waals surface area contributed by atoms with Crippen molar-refractivity contribution in [1.82, 2.24) is 10.2 Å². The molecule has 1 amide bonds. The standard InChI is InChI=1S/C15H23IN2OS/c1-3-18(4-2)15(19)8-9-17-12-6-5-7-13-11(12)10-14(16)20-13/h10,12,17H,3-9H2,1-2H3. The van der Waals surface area contributed by atoms with Gasteiger partial charge < -0.3 is 10.2 Å². The quantitative estimate of drug-likeness (QED) is 0.733. The summed E-state index contributed by atoms with van der Waals surface area (Å²) in [5.74, 6) is 0.262. The Morgan fingerprint density at radius 2 is 2.25 bits per heavy atom. The van der Waals surface area contributed by atoms with Crippen molar-refractivity contribution in [3.05, 3.63) is 19.4 Å². The Hall–Kier alpha value is -0.140. The van der Waals surface area contributed by atoms with Crippen LogP contribution in [0.5, 0.6) is 0 Å². The van der Waals surface area contributed by atoms with Gasteiger partial charge in [-0.15, -0.1) is 11.3 Å². The minimum Gasteiger partial charge on any atom is -0.343 e. The molecule has 0 bridgehead atoms. The summed E-state index contributed by atoms with van der Waals surface area (Å²) in [4.78, 5) is 15.4. The Balaban J connectivity index is 1.85. The van der Waals surface area contributed by atoms with E-state index in [4.69, 9.17) is 0 Å². The van der Waals surface area contributed by atoms with Crippen LogP contribution in [0, 0.1) is 2.88 Å². The maximum absolute atomic E-state index is 12.0. The van der Waals surface area contributed by atoms with Gasteiger partial charge in [-0.05, 0) is 67.3 Å². The summed E-state index contributed by atoms with van der Waals surface area (Å²) in [6, 6.07) is 2.76. The molecule has 1 heterocycles. The number of hydrogen-bond acceptors (Lipinski definition) is 3. The highest BCUT2D eigenvalue weighted by Gasteiger charge is 2.22. The number of amides is 1. The SMILES string of the molecule is CCN(CC)C(=O)CCNC1CCCc2sc(I)cc21. The van der Waals surface area contributed by atoms with Crippen molar-refractivity contribution in [2.24, 2.45) is 0 Å². The minimum atomic E-state index is 0.262. The van der Waals surface area contributed by atoms with Gasteiger partial charge in [0.05, 0.1) is 2.88 Å². The highest BCUT2D eigenvalue weighted by molar-refractivity contribution is 14.1. The maximum Gasteiger partial charge on any atom is 0.223 e. The van der Waals surface area contributed by atoms with Crippen molar-refractivity contribution in [1.29, 1.82) is 0 Å². The first-order valence-electron chi connectivity index (χ1n) is 7.45. The molecule has 5 heteroatoms. The Kier molecular flexibility index (Phi) is 6.29. The van der Waals surface area contributed by atoms with Gasteiger partial charge in [-0.25, -0.2) is 0 Å². The highest BCUT2D eigenvalue weighted by atomic mass is 127. The Morgan fingerprint density at radius 1 is 1.50 bits per heavy atom. The summed E-state index contributed by atoms with van der Waals surface area (Å²) in [6.07, 6.45) is 4.28. The molecule has 2 rings (SSSR count). The van der Waals surface area contributed by atoms with Gasteiger partial charge in [0.1, 0.15) is 0 Å². The van der Waals surface area contributed by atoms with Gasteiger partial charge in [-0.2, -0.15) is 0 Å². The molecule has 20 heavy (non-hydrogen) atoms. The van der Waals surface area contributed by atoms with Crippen LogP contribution in [0.4, 0.5) is 0 Å². The molecule has 0 radical (unpaired) electrons. The average molecular weight is 406 g/mol. The fourth-order valence-corrected chi connectivity index (χ4v) is 4.94. The molecule has 0 saturated carbocycles. The van der Waals surface area contributed by atoms with E-state index in [-0.39, 0.29) is 5.91 Å². The molecule has 0 saturated heterocycles. The molecule has 0 aromatic carbocycles. The molecule has 0 aliphatic heterocycles. The summed E-state index contributed by atoms with van der Waals surface area (Å²) in [5, 5.41) is 3.58. The molecule has 3 nitrogen and oxygen atoms in total. The predicted molar refractivity (Wildman–Crippen MR) is 93.3 cm³/mol. The molecule has 1 aliphatic carbocycles. The number of carbonyl (C=O) groups excluding carboxylic acids is 1. The van der Waals surface area contributed by atoms with Crippen molar-refractivity contribution >= 4 is 39.8 Å². The van der Waals surface area contributed by atoms with Crippen molar-refractivity contribution in [3.63, 3.8) is 0 Å². The van der Waals surface area contributed by atoms with Crippen molar-refractivity contribution < 1.29 is 4.79 Å². The number of nitrogens with one attached hydrogen (secondary N) is 1. The summed E-state index contributed by atoms with van der Waals surface area (Å²) < 4.78 is 1.38. The molecule has 1 atom stereocenters. The average Bonchev–Trinajstić information content (AvgIpc) is 2.81. The van der Waals surface area contributed by atoms with E-state index in [0.717, 1.165) is 19.6 Å². The van der Waals surface area contributed by atoms with Gasteiger partial charge in [0.25, 0.3) is 0 Å². The summed E-state index contributed by atoms with van der Waals surface area (Å²) >= 11 is 4.32. The van der Waals surface area contributed by atoms with E-state index >= 15 is 0 Å². The molecule has 112 valence electrons. The zero-order valence-corrected chi connectivity index (χ0v) is 15.2. The first-order valence-corrected chi connectivity index (χ1v) is 9.34. The van der Waals surface area contributed by atoms with Crippen molar-refractivity contribution in [2.75, 3.05) is 19.6 Å². The van der Waals surface area contributed by atoms with E-state index in [0.29, 0.717) is 12.5 Å². The lowest BCUT2D eigenvalue weighted by atomic mass is 9.94. The smallest absolute Gasteiger partial charge is 0.223 e. The molecular weight excluding hydrogens is 383 g/mol. The normalized spacial score (nSPS) is 17.9. The lowest BCUT2D eigenvalue weighted by Crippen LogP contribution is -2.34. The van der Waals surface area contributed by atoms with Crippen LogP contribution >= 0.6 is 33.9 Å². The first kappa shape index (κ1) is 16.2. The van der Waals surface area contributed by atoms with Gasteiger partial charge in [-0.1, -0.05) is 0 Å². The summed E-state index contributed by atoms with van der Waals surface area (Å²) in [5.41, 5.74) is 1.47. The Labute approximate surface area is 139 Å². The van der Waals surface area contributed by atoms with Crippen LogP contribution in [-0.4, -0.2) is 30.4 Å². The van der Waals surface area contributed by atoms with Gasteiger partial charge >= 0.3 is 0 Å². The number of carbonyl (C=O) groups is 1. The third-order valence-corrected chi connectivity index (χ3v) is 5.90. The fourth-order valence-electron chi connectivity index (χ4n) is 2.82. The predicted octanol–water partition coefficient (Wildman–Crippen LogP) is 3.58. The zero-order chi connectivity index (χ0) is 14.5. The van der Waals surface area contributed by atoms with Crippen LogP contribution in [0.3, 0.4) is 0 Å². The van der Waals surface area contributed by atoms with Gasteiger partial charge in [0.15, 0.2) is 0 Å². The zero-order valence-electron chi connectivity index (χ0n) is 12.2. The third kappa shape index (κ3) is 3.95. The summed E-state index contributed by atoms with van der Waals surface area (Å²) in [7, 11) is 0. The second kappa shape index (κ2) is 7.75. The van der Waals surface area contributed by atoms with Crippen LogP contribution in [0.25, 0.3) is 0 Å². The van der Waals surface area contributed by atoms with E-state index in [1.165, 1.54) is 32.6 Å². The largest absolute Gasteiger partial charge is 0.343 e. The number of nitrogens with zero attached hydrogens (tertiary/aromatic N) is 1. The van der Waals surface area contributed by atoms with E-state index in [1.807, 2.05) is 30.1 Å². The fraction of sp³-hybridized carbons (Fsp3) is 0.667. The molecule has 1 aromatic heterocycles. The molecule has 0 spiro atoms. The monoisotopic (exact) mass is 406 g/mol. The number of fused-ring (bicyclic) bond motifs is 1. The Morgan fingerprint density at radius 3 is 2.95 bits per heavy atom. The van der Waals surface area contributed by atoms with Crippen LogP contribution in [0.15, 0.2) is 6.07 Å². The lowest BCUT2D eigenvalue weighted by Gasteiger charge is -2.24. The minimum absolute atomic E-state index is 0.262. The van der Waals surface area contributed by atoms with Crippen LogP contribution in [0.2, 0.25) is 0 Å². The number of halogens is 1. The molecule has 1 aromatic rings. The third-order valence-electron chi connectivity index (χ3n) is 3.93. The van der Waals surface area contributed by atoms with E-state index < -0.39 is 0 Å². The molecule has 0 fully saturated rings. The molecule has 1 N–H and O–H groups in total. The Bertz CT molecular complexity index is 457. The second-order valence-electron chi connectivity index (χ2n) is 5.14. The number of aryl methyl sites for hydroxylation is 1. The van der Waals surface area contributed by atoms with Crippen molar-refractivity contribution in [3.8, 4) is 0 Å². The number of rotatable bonds is 6. The van der Waals surface area contributed by atoms with Crippen LogP contribution in [0.1, 0.15) is 49.6 Å². The lowest BCUT2D eigenvalue weighted by molar-refractivity contribution is -0.130. The van der Waals surface area contributed by atoms with E-state index in [2.05, 4.69) is 34.0 Å². The van der Waals surface area contributed by atoms with Crippen molar-refractivity contribution in [2.45, 2.75) is 45.6 Å². The van der Waals surface area contributed by atoms with Gasteiger partial charge in [0.2, 0.25) is 5.91 Å². The van der Waals surface area contributed by atoms with Gasteiger partial charge in [-0.3, -0.25) is 4.79 Å². The van der Waals surface area contributed by atoms with Crippen LogP contribution < -0.4 is 5.32 Å². The van der Waals surface area contributed by atoms with E-state index in [9.17, 15) is 4.79 Å². The molecular formula is C15H23IN2OS. The van der Waals surface area contributed by atoms with Crippen LogP contribution in [-0.2, 0) is 11.2 Å². The highest BCUT2D eigenvalue weighted by Crippen LogP contribution is 2.36. The topological polar surface area (TPSA) is 32.3 Å². The number of hydrogen-bond donors (Lipinski definition) is 1. The molecule has 1 unspecified atom stereocenters. The molecule has 1 aliphatic rings. The van der Waals surface area contributed by atoms with Gasteiger partial charge in [0, 0.05) is 37.0 Å². The number of thiophene rings is 1. The maximum atomic E-state index is 12.0. The van der Waals surface area contributed by atoms with E-state index in [1.54, 1.807) is 0 Å². The second-order valence-corrected chi connectivity index (χ2v) is 8.17.